The zero-order chi connectivity index (χ0) is 22.0. The van der Waals surface area contributed by atoms with E-state index in [9.17, 15) is 4.79 Å². The van der Waals surface area contributed by atoms with Gasteiger partial charge in [0, 0.05) is 0 Å². The minimum absolute atomic E-state index is 0.460. The van der Waals surface area contributed by atoms with Crippen LogP contribution in [-0.2, 0) is 9.47 Å². The second-order valence-corrected chi connectivity index (χ2v) is 10.1. The quantitative estimate of drug-likeness (QED) is 0.124. The predicted molar refractivity (Wildman–Crippen MR) is 128 cm³/mol. The molecule has 0 bridgehead atoms. The molecule has 0 amide bonds. The van der Waals surface area contributed by atoms with Crippen LogP contribution in [0, 0.1) is 11.8 Å². The summed E-state index contributed by atoms with van der Waals surface area (Å²) in [6.45, 7) is 13.2. The molecular weight excluding hydrogens is 380 g/mol. The molecule has 0 aliphatic carbocycles. The Morgan fingerprint density at radius 2 is 1.45 bits per heavy atom. The van der Waals surface area contributed by atoms with Crippen LogP contribution in [0.15, 0.2) is 11.5 Å². The van der Waals surface area contributed by atoms with Gasteiger partial charge in [-0.3, -0.25) is 0 Å². The Labute approximate surface area is 185 Å². The molecule has 0 saturated heterocycles. The number of ether oxygens (including phenoxy) is 2. The fraction of sp³-hybridized carbons (Fsp3) is 0.880. The second kappa shape index (κ2) is 18.2. The number of unbranched alkanes of at least 4 members (excludes halogenated alkanes) is 6. The van der Waals surface area contributed by atoms with E-state index in [4.69, 9.17) is 9.47 Å². The van der Waals surface area contributed by atoms with Crippen LogP contribution >= 0.6 is 11.8 Å². The summed E-state index contributed by atoms with van der Waals surface area (Å²) in [5.41, 5.74) is 0. The van der Waals surface area contributed by atoms with E-state index in [1.54, 1.807) is 0 Å². The van der Waals surface area contributed by atoms with Crippen molar-refractivity contribution in [3.05, 3.63) is 11.5 Å². The van der Waals surface area contributed by atoms with E-state index in [2.05, 4.69) is 39.2 Å². The second-order valence-electron chi connectivity index (χ2n) is 8.65. The highest BCUT2D eigenvalue weighted by Gasteiger charge is 2.24. The van der Waals surface area contributed by atoms with Gasteiger partial charge in [0.25, 0.3) is 0 Å². The molecule has 4 heteroatoms. The summed E-state index contributed by atoms with van der Waals surface area (Å²) < 4.78 is 11.1. The largest absolute Gasteiger partial charge is 0.509 e. The van der Waals surface area contributed by atoms with E-state index in [-0.39, 0.29) is 0 Å². The number of allylic oxidation sites excluding steroid dienone is 1. The summed E-state index contributed by atoms with van der Waals surface area (Å²) >= 11 is 1.54. The van der Waals surface area contributed by atoms with Crippen LogP contribution < -0.4 is 0 Å². The van der Waals surface area contributed by atoms with E-state index < -0.39 is 11.1 Å². The maximum absolute atomic E-state index is 12.2. The smallest absolute Gasteiger partial charge is 0.434 e. The number of carbonyl (C=O) groups excluding carboxylic acids is 1. The van der Waals surface area contributed by atoms with Gasteiger partial charge >= 0.3 is 6.16 Å². The van der Waals surface area contributed by atoms with Gasteiger partial charge in [0.15, 0.2) is 4.93 Å². The van der Waals surface area contributed by atoms with Crippen LogP contribution in [0.2, 0.25) is 0 Å². The standard InChI is InChI=1S/C25H48O3S/c1-7-11-13-15-17-23(18-16-14-12-8-2)21-27-24(26)28-25(5,6)29-20-19-22(9-3)10-4/h19-20,22-23H,7-18,21H2,1-6H3/b20-19+. The van der Waals surface area contributed by atoms with Gasteiger partial charge in [-0.05, 0) is 56.8 Å². The highest BCUT2D eigenvalue weighted by molar-refractivity contribution is 8.03. The lowest BCUT2D eigenvalue weighted by Gasteiger charge is -2.23. The Bertz CT molecular complexity index is 404. The molecule has 0 aromatic heterocycles. The molecule has 3 nitrogen and oxygen atoms in total. The Hall–Kier alpha value is -0.640. The van der Waals surface area contributed by atoms with E-state index in [0.29, 0.717) is 18.4 Å². The van der Waals surface area contributed by atoms with Gasteiger partial charge in [0.2, 0.25) is 0 Å². The Kier molecular flexibility index (Phi) is 17.8. The molecule has 0 aromatic rings. The number of thioether (sulfide) groups is 1. The normalized spacial score (nSPS) is 12.3. The van der Waals surface area contributed by atoms with Crippen LogP contribution in [0.25, 0.3) is 0 Å². The zero-order valence-electron chi connectivity index (χ0n) is 20.1. The summed E-state index contributed by atoms with van der Waals surface area (Å²) in [4.78, 5) is 11.6. The van der Waals surface area contributed by atoms with E-state index in [1.807, 2.05) is 13.8 Å². The third kappa shape index (κ3) is 16.8. The minimum atomic E-state index is -0.614. The Morgan fingerprint density at radius 1 is 0.897 bits per heavy atom. The van der Waals surface area contributed by atoms with Crippen molar-refractivity contribution in [2.75, 3.05) is 6.61 Å². The molecule has 0 aliphatic rings. The lowest BCUT2D eigenvalue weighted by molar-refractivity contribution is 0.0130. The molecule has 0 atom stereocenters. The first-order valence-corrected chi connectivity index (χ1v) is 13.0. The molecule has 0 aromatic carbocycles. The van der Waals surface area contributed by atoms with Crippen LogP contribution in [0.4, 0.5) is 4.79 Å². The van der Waals surface area contributed by atoms with Crippen LogP contribution in [0.3, 0.4) is 0 Å². The van der Waals surface area contributed by atoms with Gasteiger partial charge < -0.3 is 9.47 Å². The average Bonchev–Trinajstić information content (AvgIpc) is 2.68. The van der Waals surface area contributed by atoms with Gasteiger partial charge in [0.05, 0.1) is 6.61 Å². The molecule has 172 valence electrons. The van der Waals surface area contributed by atoms with Crippen molar-refractivity contribution in [2.45, 2.75) is 124 Å². The lowest BCUT2D eigenvalue weighted by Crippen LogP contribution is -2.25. The zero-order valence-corrected chi connectivity index (χ0v) is 21.0. The van der Waals surface area contributed by atoms with E-state index in [1.165, 1.54) is 63.1 Å². The van der Waals surface area contributed by atoms with Gasteiger partial charge in [0.1, 0.15) is 0 Å². The number of hydrogen-bond acceptors (Lipinski definition) is 4. The number of rotatable bonds is 18. The molecule has 29 heavy (non-hydrogen) atoms. The van der Waals surface area contributed by atoms with E-state index in [0.717, 1.165) is 25.7 Å². The SMILES string of the molecule is CCCCCCC(CCCCCC)COC(=O)OC(C)(C)S/C=C/C(CC)CC. The topological polar surface area (TPSA) is 35.5 Å². The fourth-order valence-corrected chi connectivity index (χ4v) is 4.09. The molecule has 0 saturated carbocycles. The maximum Gasteiger partial charge on any atom is 0.509 e. The van der Waals surface area contributed by atoms with Crippen LogP contribution in [-0.4, -0.2) is 17.7 Å². The van der Waals surface area contributed by atoms with Gasteiger partial charge in [-0.1, -0.05) is 96.9 Å². The first-order chi connectivity index (χ1) is 13.9. The van der Waals surface area contributed by atoms with Crippen molar-refractivity contribution < 1.29 is 14.3 Å². The summed E-state index contributed by atoms with van der Waals surface area (Å²) in [5, 5.41) is 2.06. The lowest BCUT2D eigenvalue weighted by atomic mass is 9.95. The number of carbonyl (C=O) groups is 1. The average molecular weight is 429 g/mol. The van der Waals surface area contributed by atoms with Crippen molar-refractivity contribution in [3.8, 4) is 0 Å². The van der Waals surface area contributed by atoms with E-state index >= 15 is 0 Å². The highest BCUT2D eigenvalue weighted by atomic mass is 32.2. The molecule has 0 aliphatic heterocycles. The monoisotopic (exact) mass is 428 g/mol. The first-order valence-electron chi connectivity index (χ1n) is 12.1. The first kappa shape index (κ1) is 28.4. The van der Waals surface area contributed by atoms with Crippen molar-refractivity contribution in [3.63, 3.8) is 0 Å². The molecule has 0 fully saturated rings. The van der Waals surface area contributed by atoms with Gasteiger partial charge in [-0.2, -0.15) is 0 Å². The minimum Gasteiger partial charge on any atom is -0.434 e. The summed E-state index contributed by atoms with van der Waals surface area (Å²) in [6.07, 6.45) is 16.3. The Balaban J connectivity index is 4.38. The van der Waals surface area contributed by atoms with Gasteiger partial charge in [-0.15, -0.1) is 0 Å². The third-order valence-corrected chi connectivity index (χ3v) is 6.39. The molecule has 0 spiro atoms. The van der Waals surface area contributed by atoms with Gasteiger partial charge in [-0.25, -0.2) is 4.79 Å². The predicted octanol–water partition coefficient (Wildman–Crippen LogP) is 9.12. The molecule has 0 unspecified atom stereocenters. The summed E-state index contributed by atoms with van der Waals surface area (Å²) in [6, 6.07) is 0. The molecule has 0 rings (SSSR count). The highest BCUT2D eigenvalue weighted by Crippen LogP contribution is 2.29. The van der Waals surface area contributed by atoms with Crippen molar-refractivity contribution in [1.29, 1.82) is 0 Å². The number of hydrogen-bond donors (Lipinski definition) is 0. The molecule has 0 heterocycles. The Morgan fingerprint density at radius 3 is 1.93 bits per heavy atom. The molecular formula is C25H48O3S. The third-order valence-electron chi connectivity index (χ3n) is 5.45. The summed E-state index contributed by atoms with van der Waals surface area (Å²) in [5.74, 6) is 1.05. The maximum atomic E-state index is 12.2. The van der Waals surface area contributed by atoms with Crippen molar-refractivity contribution in [1.82, 2.24) is 0 Å². The van der Waals surface area contributed by atoms with Crippen LogP contribution in [0.1, 0.15) is 119 Å². The summed E-state index contributed by atoms with van der Waals surface area (Å²) in [7, 11) is 0. The fourth-order valence-electron chi connectivity index (χ4n) is 3.35. The molecule has 0 radical (unpaired) electrons. The van der Waals surface area contributed by atoms with Crippen molar-refractivity contribution in [2.24, 2.45) is 11.8 Å². The van der Waals surface area contributed by atoms with Crippen molar-refractivity contribution >= 4 is 17.9 Å². The molecule has 0 N–H and O–H groups in total. The van der Waals surface area contributed by atoms with Crippen LogP contribution in [0.5, 0.6) is 0 Å².